The van der Waals surface area contributed by atoms with Gasteiger partial charge in [0.05, 0.1) is 0 Å². The van der Waals surface area contributed by atoms with Gasteiger partial charge in [-0.3, -0.25) is 9.89 Å². The molecule has 5 heteroatoms. The van der Waals surface area contributed by atoms with Crippen LogP contribution in [0.5, 0.6) is 0 Å². The monoisotopic (exact) mass is 367 g/mol. The van der Waals surface area contributed by atoms with E-state index in [0.29, 0.717) is 0 Å². The van der Waals surface area contributed by atoms with Crippen LogP contribution in [0.25, 0.3) is 0 Å². The van der Waals surface area contributed by atoms with Crippen LogP contribution in [0, 0.1) is 12.8 Å². The minimum atomic E-state index is 0.724. The SMILES string of the molecule is CN=C(NCCn1cccc1)NCC1CCN(Cc2ccc(C)cc2)CC1. The Bertz CT molecular complexity index is 682. The molecule has 1 aliphatic rings. The number of rotatable bonds is 7. The van der Waals surface area contributed by atoms with Crippen molar-refractivity contribution in [2.45, 2.75) is 32.9 Å². The lowest BCUT2D eigenvalue weighted by Crippen LogP contribution is -2.43. The molecule has 0 atom stereocenters. The maximum absolute atomic E-state index is 4.34. The van der Waals surface area contributed by atoms with Gasteiger partial charge in [-0.15, -0.1) is 0 Å². The zero-order valence-corrected chi connectivity index (χ0v) is 16.7. The van der Waals surface area contributed by atoms with Gasteiger partial charge in [0.2, 0.25) is 0 Å². The van der Waals surface area contributed by atoms with E-state index in [1.165, 1.54) is 37.1 Å². The molecule has 0 spiro atoms. The van der Waals surface area contributed by atoms with Crippen molar-refractivity contribution >= 4 is 5.96 Å². The summed E-state index contributed by atoms with van der Waals surface area (Å²) >= 11 is 0. The Morgan fingerprint density at radius 3 is 2.44 bits per heavy atom. The van der Waals surface area contributed by atoms with E-state index in [2.05, 4.69) is 80.8 Å². The second-order valence-corrected chi connectivity index (χ2v) is 7.51. The summed E-state index contributed by atoms with van der Waals surface area (Å²) in [6.07, 6.45) is 6.67. The summed E-state index contributed by atoms with van der Waals surface area (Å²) in [5.41, 5.74) is 2.75. The van der Waals surface area contributed by atoms with Gasteiger partial charge in [-0.25, -0.2) is 0 Å². The maximum Gasteiger partial charge on any atom is 0.191 e. The Kier molecular flexibility index (Phi) is 7.34. The molecule has 5 nitrogen and oxygen atoms in total. The lowest BCUT2D eigenvalue weighted by atomic mass is 9.96. The fraction of sp³-hybridized carbons (Fsp3) is 0.500. The number of hydrogen-bond donors (Lipinski definition) is 2. The van der Waals surface area contributed by atoms with Crippen LogP contribution in [0.15, 0.2) is 53.8 Å². The number of aliphatic imine (C=N–C) groups is 1. The van der Waals surface area contributed by atoms with Gasteiger partial charge in [-0.05, 0) is 56.5 Å². The molecule has 0 amide bonds. The van der Waals surface area contributed by atoms with Gasteiger partial charge in [0.25, 0.3) is 0 Å². The molecule has 1 aromatic carbocycles. The molecule has 1 aliphatic heterocycles. The molecular weight excluding hydrogens is 334 g/mol. The number of guanidine groups is 1. The number of hydrogen-bond acceptors (Lipinski definition) is 2. The average Bonchev–Trinajstić information content (AvgIpc) is 3.21. The van der Waals surface area contributed by atoms with Gasteiger partial charge < -0.3 is 15.2 Å². The Morgan fingerprint density at radius 1 is 1.07 bits per heavy atom. The number of aryl methyl sites for hydroxylation is 1. The van der Waals surface area contributed by atoms with Crippen molar-refractivity contribution in [1.82, 2.24) is 20.1 Å². The lowest BCUT2D eigenvalue weighted by molar-refractivity contribution is 0.178. The van der Waals surface area contributed by atoms with E-state index in [4.69, 9.17) is 0 Å². The third-order valence-corrected chi connectivity index (χ3v) is 5.34. The van der Waals surface area contributed by atoms with Gasteiger partial charge in [0, 0.05) is 45.6 Å². The minimum absolute atomic E-state index is 0.724. The molecule has 0 radical (unpaired) electrons. The molecule has 1 fully saturated rings. The first kappa shape index (κ1) is 19.5. The zero-order valence-electron chi connectivity index (χ0n) is 16.7. The van der Waals surface area contributed by atoms with Gasteiger partial charge in [0.1, 0.15) is 0 Å². The van der Waals surface area contributed by atoms with Crippen LogP contribution in [0.2, 0.25) is 0 Å². The third kappa shape index (κ3) is 6.43. The van der Waals surface area contributed by atoms with Crippen LogP contribution in [0.1, 0.15) is 24.0 Å². The summed E-state index contributed by atoms with van der Waals surface area (Å²) < 4.78 is 2.17. The van der Waals surface area contributed by atoms with Gasteiger partial charge in [-0.2, -0.15) is 0 Å². The van der Waals surface area contributed by atoms with Crippen LogP contribution in [0.3, 0.4) is 0 Å². The molecule has 2 aromatic rings. The van der Waals surface area contributed by atoms with Crippen LogP contribution in [-0.2, 0) is 13.1 Å². The molecule has 1 saturated heterocycles. The predicted molar refractivity (Wildman–Crippen MR) is 113 cm³/mol. The quantitative estimate of drug-likeness (QED) is 0.584. The largest absolute Gasteiger partial charge is 0.356 e. The second kappa shape index (κ2) is 10.2. The van der Waals surface area contributed by atoms with Gasteiger partial charge in [0.15, 0.2) is 5.96 Å². The highest BCUT2D eigenvalue weighted by molar-refractivity contribution is 5.79. The zero-order chi connectivity index (χ0) is 18.9. The summed E-state index contributed by atoms with van der Waals surface area (Å²) in [6.45, 7) is 8.41. The number of nitrogens with zero attached hydrogens (tertiary/aromatic N) is 3. The van der Waals surface area contributed by atoms with Crippen molar-refractivity contribution < 1.29 is 0 Å². The van der Waals surface area contributed by atoms with E-state index in [1.807, 2.05) is 7.05 Å². The average molecular weight is 368 g/mol. The topological polar surface area (TPSA) is 44.6 Å². The fourth-order valence-corrected chi connectivity index (χ4v) is 3.58. The van der Waals surface area contributed by atoms with E-state index < -0.39 is 0 Å². The van der Waals surface area contributed by atoms with Crippen LogP contribution >= 0.6 is 0 Å². The maximum atomic E-state index is 4.34. The summed E-state index contributed by atoms with van der Waals surface area (Å²) in [5, 5.41) is 6.90. The predicted octanol–water partition coefficient (Wildman–Crippen LogP) is 2.87. The van der Waals surface area contributed by atoms with E-state index in [1.54, 1.807) is 0 Å². The van der Waals surface area contributed by atoms with E-state index >= 15 is 0 Å². The highest BCUT2D eigenvalue weighted by Crippen LogP contribution is 2.18. The molecule has 1 aromatic heterocycles. The summed E-state index contributed by atoms with van der Waals surface area (Å²) in [6, 6.07) is 13.0. The summed E-state index contributed by atoms with van der Waals surface area (Å²) in [7, 11) is 1.84. The highest BCUT2D eigenvalue weighted by atomic mass is 15.2. The summed E-state index contributed by atoms with van der Waals surface area (Å²) in [5.74, 6) is 1.63. The van der Waals surface area contributed by atoms with Gasteiger partial charge >= 0.3 is 0 Å². The molecule has 3 rings (SSSR count). The van der Waals surface area contributed by atoms with E-state index in [9.17, 15) is 0 Å². The van der Waals surface area contributed by atoms with Crippen LogP contribution in [0.4, 0.5) is 0 Å². The highest BCUT2D eigenvalue weighted by Gasteiger charge is 2.19. The Morgan fingerprint density at radius 2 is 1.78 bits per heavy atom. The standard InChI is InChI=1S/C22H33N5/c1-19-5-7-21(8-6-19)18-27-14-9-20(10-15-27)17-25-22(23-2)24-11-16-26-12-3-4-13-26/h3-8,12-13,20H,9-11,14-18H2,1-2H3,(H2,23,24,25). The fourth-order valence-electron chi connectivity index (χ4n) is 3.58. The van der Waals surface area contributed by atoms with Crippen molar-refractivity contribution in [3.63, 3.8) is 0 Å². The molecule has 0 unspecified atom stereocenters. The number of benzene rings is 1. The Balaban J connectivity index is 1.32. The van der Waals surface area contributed by atoms with Crippen molar-refractivity contribution in [3.05, 3.63) is 59.9 Å². The third-order valence-electron chi connectivity index (χ3n) is 5.34. The molecule has 0 aliphatic carbocycles. The number of likely N-dealkylation sites (tertiary alicyclic amines) is 1. The number of nitrogens with one attached hydrogen (secondary N) is 2. The molecule has 146 valence electrons. The first-order chi connectivity index (χ1) is 13.2. The lowest BCUT2D eigenvalue weighted by Gasteiger charge is -2.32. The van der Waals surface area contributed by atoms with Crippen molar-refractivity contribution in [3.8, 4) is 0 Å². The molecular formula is C22H33N5. The number of piperidine rings is 1. The Hall–Kier alpha value is -2.27. The molecule has 0 saturated carbocycles. The minimum Gasteiger partial charge on any atom is -0.356 e. The van der Waals surface area contributed by atoms with Crippen molar-refractivity contribution in [2.75, 3.05) is 33.2 Å². The van der Waals surface area contributed by atoms with E-state index in [0.717, 1.165) is 38.1 Å². The van der Waals surface area contributed by atoms with Crippen molar-refractivity contribution in [2.24, 2.45) is 10.9 Å². The normalized spacial score (nSPS) is 16.4. The van der Waals surface area contributed by atoms with Crippen LogP contribution < -0.4 is 10.6 Å². The smallest absolute Gasteiger partial charge is 0.191 e. The molecule has 27 heavy (non-hydrogen) atoms. The van der Waals surface area contributed by atoms with E-state index in [-0.39, 0.29) is 0 Å². The van der Waals surface area contributed by atoms with Crippen molar-refractivity contribution in [1.29, 1.82) is 0 Å². The first-order valence-corrected chi connectivity index (χ1v) is 10.1. The number of aromatic nitrogens is 1. The first-order valence-electron chi connectivity index (χ1n) is 10.1. The van der Waals surface area contributed by atoms with Gasteiger partial charge in [-0.1, -0.05) is 29.8 Å². The molecule has 2 heterocycles. The summed E-state index contributed by atoms with van der Waals surface area (Å²) in [4.78, 5) is 6.92. The molecule has 0 bridgehead atoms. The second-order valence-electron chi connectivity index (χ2n) is 7.51. The molecule has 2 N–H and O–H groups in total. The Labute approximate surface area is 163 Å². The van der Waals surface area contributed by atoms with Crippen LogP contribution in [-0.4, -0.2) is 48.7 Å².